The summed E-state index contributed by atoms with van der Waals surface area (Å²) in [4.78, 5) is 15.7. The van der Waals surface area contributed by atoms with Crippen molar-refractivity contribution >= 4 is 34.3 Å². The second kappa shape index (κ2) is 8.72. The molecule has 3 aromatic rings. The lowest BCUT2D eigenvalue weighted by Crippen LogP contribution is -2.47. The number of rotatable bonds is 6. The number of benzene rings is 2. The Kier molecular flexibility index (Phi) is 6.43. The molecule has 2 unspecified atom stereocenters. The van der Waals surface area contributed by atoms with Crippen molar-refractivity contribution in [2.75, 3.05) is 7.11 Å². The summed E-state index contributed by atoms with van der Waals surface area (Å²) < 4.78 is 51.6. The number of para-hydroxylation sites is 1. The number of hydrogen-bond acceptors (Lipinski definition) is 5. The average molecular weight is 454 g/mol. The van der Waals surface area contributed by atoms with Gasteiger partial charge >= 0.3 is 11.8 Å². The Morgan fingerprint density at radius 2 is 1.90 bits per heavy atom. The van der Waals surface area contributed by atoms with Gasteiger partial charge in [-0.3, -0.25) is 4.99 Å². The fourth-order valence-corrected chi connectivity index (χ4v) is 3.63. The molecule has 0 aliphatic carbocycles. The first-order valence-electron chi connectivity index (χ1n) is 9.24. The summed E-state index contributed by atoms with van der Waals surface area (Å²) >= 11 is 6.07. The summed E-state index contributed by atoms with van der Waals surface area (Å²) in [5, 5.41) is 11.3. The van der Waals surface area contributed by atoms with E-state index in [9.17, 15) is 23.1 Å². The van der Waals surface area contributed by atoms with E-state index in [1.165, 1.54) is 38.3 Å². The molecule has 31 heavy (non-hydrogen) atoms. The van der Waals surface area contributed by atoms with Gasteiger partial charge in [-0.2, -0.15) is 13.2 Å². The van der Waals surface area contributed by atoms with E-state index in [2.05, 4.69) is 4.99 Å². The van der Waals surface area contributed by atoms with Crippen molar-refractivity contribution in [2.24, 2.45) is 4.99 Å². The van der Waals surface area contributed by atoms with Gasteiger partial charge in [-0.05, 0) is 42.2 Å². The van der Waals surface area contributed by atoms with Gasteiger partial charge in [-0.25, -0.2) is 4.79 Å². The predicted octanol–water partition coefficient (Wildman–Crippen LogP) is 5.64. The second-order valence-electron chi connectivity index (χ2n) is 7.09. The molecule has 5 nitrogen and oxygen atoms in total. The third-order valence-electron chi connectivity index (χ3n) is 4.97. The Morgan fingerprint density at radius 1 is 1.19 bits per heavy atom. The van der Waals surface area contributed by atoms with Gasteiger partial charge in [0.1, 0.15) is 5.75 Å². The van der Waals surface area contributed by atoms with Crippen molar-refractivity contribution in [3.8, 4) is 5.75 Å². The Bertz CT molecular complexity index is 1180. The highest BCUT2D eigenvalue weighted by Crippen LogP contribution is 2.41. The van der Waals surface area contributed by atoms with Crippen molar-refractivity contribution in [2.45, 2.75) is 31.0 Å². The molecule has 164 valence electrons. The Hall–Kier alpha value is -2.84. The lowest BCUT2D eigenvalue weighted by atomic mass is 9.86. The SMILES string of the molecule is COc1c(Cl)cccc1C(C)CC(O)(C=Nc1cccc2c(=O)occc12)C(F)(F)F. The van der Waals surface area contributed by atoms with Crippen LogP contribution < -0.4 is 10.4 Å². The monoisotopic (exact) mass is 453 g/mol. The van der Waals surface area contributed by atoms with Crippen LogP contribution in [0.1, 0.15) is 24.8 Å². The quantitative estimate of drug-likeness (QED) is 0.490. The normalized spacial score (nSPS) is 15.2. The number of aliphatic imine (C=N–C) groups is 1. The van der Waals surface area contributed by atoms with E-state index in [1.807, 2.05) is 0 Å². The van der Waals surface area contributed by atoms with Crippen LogP contribution in [0.3, 0.4) is 0 Å². The highest BCUT2D eigenvalue weighted by Gasteiger charge is 2.53. The Labute approximate surface area is 180 Å². The maximum Gasteiger partial charge on any atom is 0.422 e. The van der Waals surface area contributed by atoms with Crippen molar-refractivity contribution in [3.63, 3.8) is 0 Å². The van der Waals surface area contributed by atoms with Crippen LogP contribution in [0.2, 0.25) is 5.02 Å². The summed E-state index contributed by atoms with van der Waals surface area (Å²) in [6.45, 7) is 1.53. The van der Waals surface area contributed by atoms with Crippen LogP contribution in [-0.2, 0) is 0 Å². The summed E-state index contributed by atoms with van der Waals surface area (Å²) in [5.41, 5.74) is -3.35. The van der Waals surface area contributed by atoms with Gasteiger partial charge in [0.25, 0.3) is 0 Å². The predicted molar refractivity (Wildman–Crippen MR) is 113 cm³/mol. The molecule has 0 spiro atoms. The molecule has 0 bridgehead atoms. The highest BCUT2D eigenvalue weighted by atomic mass is 35.5. The lowest BCUT2D eigenvalue weighted by Gasteiger charge is -2.30. The molecule has 0 saturated carbocycles. The smallest absolute Gasteiger partial charge is 0.422 e. The zero-order valence-corrected chi connectivity index (χ0v) is 17.4. The van der Waals surface area contributed by atoms with Crippen LogP contribution in [0.5, 0.6) is 5.75 Å². The summed E-state index contributed by atoms with van der Waals surface area (Å²) in [7, 11) is 1.37. The number of fused-ring (bicyclic) bond motifs is 1. The molecule has 3 rings (SSSR count). The largest absolute Gasteiger partial charge is 0.495 e. The van der Waals surface area contributed by atoms with Gasteiger partial charge in [0.15, 0.2) is 5.60 Å². The van der Waals surface area contributed by atoms with E-state index in [0.717, 1.165) is 6.26 Å². The second-order valence-corrected chi connectivity index (χ2v) is 7.50. The number of nitrogens with zero attached hydrogens (tertiary/aromatic N) is 1. The van der Waals surface area contributed by atoms with Crippen molar-refractivity contribution < 1.29 is 27.4 Å². The van der Waals surface area contributed by atoms with Gasteiger partial charge in [0, 0.05) is 11.6 Å². The van der Waals surface area contributed by atoms with Gasteiger partial charge in [-0.1, -0.05) is 36.7 Å². The molecular formula is C22H19ClF3NO4. The third-order valence-corrected chi connectivity index (χ3v) is 5.27. The van der Waals surface area contributed by atoms with E-state index < -0.39 is 29.7 Å². The minimum atomic E-state index is -5.00. The van der Waals surface area contributed by atoms with Crippen LogP contribution in [-0.4, -0.2) is 30.2 Å². The molecule has 9 heteroatoms. The molecule has 1 N–H and O–H groups in total. The lowest BCUT2D eigenvalue weighted by molar-refractivity contribution is -0.231. The standard InChI is InChI=1S/C22H19ClF3NO4/c1-13(14-5-3-7-17(23)19(14)30-2)11-21(29,22(24,25)26)12-27-18-8-4-6-16-15(18)9-10-31-20(16)28/h3-10,12-13,29H,11H2,1-2H3. The minimum Gasteiger partial charge on any atom is -0.495 e. The van der Waals surface area contributed by atoms with Crippen molar-refractivity contribution in [1.82, 2.24) is 0 Å². The molecule has 1 aromatic heterocycles. The van der Waals surface area contributed by atoms with E-state index >= 15 is 0 Å². The van der Waals surface area contributed by atoms with Gasteiger partial charge < -0.3 is 14.3 Å². The average Bonchev–Trinajstić information content (AvgIpc) is 2.71. The van der Waals surface area contributed by atoms with Gasteiger partial charge in [0.05, 0.1) is 29.5 Å². The van der Waals surface area contributed by atoms with Crippen molar-refractivity contribution in [3.05, 3.63) is 69.7 Å². The summed E-state index contributed by atoms with van der Waals surface area (Å²) in [5.74, 6) is -0.523. The fourth-order valence-electron chi connectivity index (χ4n) is 3.37. The summed E-state index contributed by atoms with van der Waals surface area (Å²) in [6.07, 6.45) is -4.12. The minimum absolute atomic E-state index is 0.0982. The molecular weight excluding hydrogens is 435 g/mol. The van der Waals surface area contributed by atoms with Gasteiger partial charge in [0.2, 0.25) is 0 Å². The molecule has 0 aliphatic heterocycles. The Morgan fingerprint density at radius 3 is 2.58 bits per heavy atom. The summed E-state index contributed by atoms with van der Waals surface area (Å²) in [6, 6.07) is 10.6. The first-order valence-corrected chi connectivity index (χ1v) is 9.62. The number of methoxy groups -OCH3 is 1. The maximum absolute atomic E-state index is 13.9. The van der Waals surface area contributed by atoms with Crippen LogP contribution in [0.25, 0.3) is 10.8 Å². The zero-order chi connectivity index (χ0) is 22.8. The van der Waals surface area contributed by atoms with Crippen LogP contribution in [0.4, 0.5) is 18.9 Å². The maximum atomic E-state index is 13.9. The van der Waals surface area contributed by atoms with E-state index in [-0.39, 0.29) is 21.8 Å². The zero-order valence-electron chi connectivity index (χ0n) is 16.6. The third kappa shape index (κ3) is 4.60. The number of hydrogen-bond donors (Lipinski definition) is 1. The molecule has 0 amide bonds. The molecule has 0 fully saturated rings. The molecule has 0 saturated heterocycles. The number of aliphatic hydroxyl groups is 1. The fraction of sp³-hybridized carbons (Fsp3) is 0.273. The van der Waals surface area contributed by atoms with E-state index in [4.69, 9.17) is 20.8 Å². The van der Waals surface area contributed by atoms with E-state index in [0.29, 0.717) is 17.2 Å². The number of ether oxygens (including phenoxy) is 1. The number of alkyl halides is 3. The first kappa shape index (κ1) is 22.8. The van der Waals surface area contributed by atoms with Crippen LogP contribution in [0.15, 0.2) is 62.9 Å². The molecule has 2 atom stereocenters. The highest BCUT2D eigenvalue weighted by molar-refractivity contribution is 6.32. The topological polar surface area (TPSA) is 72.0 Å². The van der Waals surface area contributed by atoms with Gasteiger partial charge in [-0.15, -0.1) is 0 Å². The molecule has 2 aromatic carbocycles. The number of halogens is 4. The molecule has 0 aliphatic rings. The van der Waals surface area contributed by atoms with Crippen LogP contribution in [0, 0.1) is 0 Å². The van der Waals surface area contributed by atoms with Crippen LogP contribution >= 0.6 is 11.6 Å². The molecule has 1 heterocycles. The Balaban J connectivity index is 2.00. The first-order chi connectivity index (χ1) is 14.6. The molecule has 0 radical (unpaired) electrons. The van der Waals surface area contributed by atoms with Crippen molar-refractivity contribution in [1.29, 1.82) is 0 Å². The van der Waals surface area contributed by atoms with E-state index in [1.54, 1.807) is 18.2 Å².